The molecule has 2 heteroatoms. The van der Waals surface area contributed by atoms with E-state index >= 15 is 0 Å². The second-order valence-electron chi connectivity index (χ2n) is 7.50. The van der Waals surface area contributed by atoms with Gasteiger partial charge in [0, 0.05) is 0 Å². The maximum absolute atomic E-state index is 2.45. The summed E-state index contributed by atoms with van der Waals surface area (Å²) in [6.07, 6.45) is 2.45. The summed E-state index contributed by atoms with van der Waals surface area (Å²) in [5.41, 5.74) is 0.627. The van der Waals surface area contributed by atoms with Gasteiger partial charge in [-0.05, 0) is 55.3 Å². The maximum Gasteiger partial charge on any atom is -0.0154 e. The fourth-order valence-corrected chi connectivity index (χ4v) is 9.32. The van der Waals surface area contributed by atoms with Gasteiger partial charge in [0.25, 0.3) is 0 Å². The van der Waals surface area contributed by atoms with Gasteiger partial charge in [0.2, 0.25) is 0 Å². The summed E-state index contributed by atoms with van der Waals surface area (Å²) >= 11 is 0. The lowest BCUT2D eigenvalue weighted by molar-refractivity contribution is 0.907. The van der Waals surface area contributed by atoms with Crippen LogP contribution in [0.1, 0.15) is 13.3 Å². The highest BCUT2D eigenvalue weighted by molar-refractivity contribution is 7.74. The lowest BCUT2D eigenvalue weighted by atomic mass is 10.3. The van der Waals surface area contributed by atoms with Crippen LogP contribution >= 0.6 is 15.8 Å². The maximum atomic E-state index is 2.45. The van der Waals surface area contributed by atoms with Crippen LogP contribution < -0.4 is 21.2 Å². The van der Waals surface area contributed by atoms with Crippen molar-refractivity contribution in [3.05, 3.63) is 121 Å². The number of benzene rings is 4. The molecule has 4 aromatic carbocycles. The van der Waals surface area contributed by atoms with Crippen LogP contribution in [0.15, 0.2) is 121 Å². The van der Waals surface area contributed by atoms with E-state index in [-0.39, 0.29) is 15.8 Å². The van der Waals surface area contributed by atoms with E-state index in [1.165, 1.54) is 33.8 Å². The summed E-state index contributed by atoms with van der Waals surface area (Å²) in [4.78, 5) is 0. The van der Waals surface area contributed by atoms with Gasteiger partial charge in [0.1, 0.15) is 0 Å². The zero-order valence-electron chi connectivity index (χ0n) is 17.4. The van der Waals surface area contributed by atoms with Crippen molar-refractivity contribution >= 4 is 37.1 Å². The third-order valence-electron chi connectivity index (χ3n) is 5.42. The minimum Gasteiger partial charge on any atom is -0.0622 e. The highest BCUT2D eigenvalue weighted by Gasteiger charge is 2.23. The van der Waals surface area contributed by atoms with Crippen LogP contribution in [0.2, 0.25) is 0 Å². The smallest absolute Gasteiger partial charge is 0.0154 e. The average molecular weight is 426 g/mol. The Bertz CT molecular complexity index is 922. The Labute approximate surface area is 183 Å². The lowest BCUT2D eigenvalue weighted by Crippen LogP contribution is -2.22. The summed E-state index contributed by atoms with van der Waals surface area (Å²) < 4.78 is 0. The molecule has 0 aliphatic rings. The van der Waals surface area contributed by atoms with E-state index in [2.05, 4.69) is 128 Å². The Morgan fingerprint density at radius 3 is 1.20 bits per heavy atom. The quantitative estimate of drug-likeness (QED) is 0.302. The highest BCUT2D eigenvalue weighted by atomic mass is 31.1. The standard InChI is InChI=1S/C28H28P2/c1-24(30(27-18-10-4-11-19-27)28-20-12-5-13-21-28)22-23-29(25-14-6-2-7-15-25)26-16-8-3-9-17-26/h2-21,24H,22-23H2,1H3/t24-/m0/s1. The first kappa shape index (κ1) is 21.0. The van der Waals surface area contributed by atoms with Crippen molar-refractivity contribution < 1.29 is 0 Å². The summed E-state index contributed by atoms with van der Waals surface area (Å²) in [5, 5.41) is 5.93. The van der Waals surface area contributed by atoms with Crippen molar-refractivity contribution in [3.63, 3.8) is 0 Å². The van der Waals surface area contributed by atoms with Crippen molar-refractivity contribution in [2.45, 2.75) is 19.0 Å². The first-order chi connectivity index (χ1) is 14.8. The summed E-state index contributed by atoms with van der Waals surface area (Å²) in [5.74, 6) is 0. The van der Waals surface area contributed by atoms with Crippen LogP contribution in [0.3, 0.4) is 0 Å². The molecule has 0 radical (unpaired) electrons. The minimum atomic E-state index is -0.370. The molecule has 150 valence electrons. The molecule has 30 heavy (non-hydrogen) atoms. The van der Waals surface area contributed by atoms with Gasteiger partial charge in [0.15, 0.2) is 0 Å². The first-order valence-corrected chi connectivity index (χ1v) is 13.5. The molecular weight excluding hydrogens is 398 g/mol. The fourth-order valence-electron chi connectivity index (χ4n) is 3.90. The van der Waals surface area contributed by atoms with Crippen molar-refractivity contribution in [2.75, 3.05) is 6.16 Å². The normalized spacial score (nSPS) is 12.2. The Hall–Kier alpha value is -2.26. The van der Waals surface area contributed by atoms with Crippen LogP contribution in [0, 0.1) is 0 Å². The van der Waals surface area contributed by atoms with Gasteiger partial charge in [-0.25, -0.2) is 0 Å². The lowest BCUT2D eigenvalue weighted by Gasteiger charge is -2.28. The molecule has 0 heterocycles. The molecular formula is C28H28P2. The Kier molecular flexibility index (Phi) is 7.47. The third kappa shape index (κ3) is 5.26. The van der Waals surface area contributed by atoms with Crippen LogP contribution in [-0.2, 0) is 0 Å². The van der Waals surface area contributed by atoms with Crippen LogP contribution in [0.25, 0.3) is 0 Å². The highest BCUT2D eigenvalue weighted by Crippen LogP contribution is 2.44. The van der Waals surface area contributed by atoms with Gasteiger partial charge in [0.05, 0.1) is 0 Å². The largest absolute Gasteiger partial charge is 0.0622 e. The summed E-state index contributed by atoms with van der Waals surface area (Å²) in [7, 11) is -0.706. The summed E-state index contributed by atoms with van der Waals surface area (Å²) in [6.45, 7) is 2.45. The molecule has 4 aromatic rings. The van der Waals surface area contributed by atoms with Crippen molar-refractivity contribution in [1.29, 1.82) is 0 Å². The molecule has 0 fully saturated rings. The van der Waals surface area contributed by atoms with Gasteiger partial charge < -0.3 is 0 Å². The number of rotatable bonds is 8. The molecule has 4 rings (SSSR count). The topological polar surface area (TPSA) is 0 Å². The minimum absolute atomic E-state index is 0.336. The Morgan fingerprint density at radius 1 is 0.500 bits per heavy atom. The molecule has 0 saturated carbocycles. The van der Waals surface area contributed by atoms with Gasteiger partial charge in [-0.3, -0.25) is 0 Å². The number of hydrogen-bond acceptors (Lipinski definition) is 0. The van der Waals surface area contributed by atoms with Crippen LogP contribution in [-0.4, -0.2) is 11.8 Å². The molecule has 0 bridgehead atoms. The SMILES string of the molecule is C[C@@H](CCP(c1ccccc1)c1ccccc1)P(c1ccccc1)c1ccccc1. The van der Waals surface area contributed by atoms with Gasteiger partial charge in [-0.2, -0.15) is 0 Å². The molecule has 0 nitrogen and oxygen atoms in total. The van der Waals surface area contributed by atoms with Gasteiger partial charge in [-0.1, -0.05) is 128 Å². The van der Waals surface area contributed by atoms with E-state index < -0.39 is 0 Å². The molecule has 0 aromatic heterocycles. The molecule has 0 saturated heterocycles. The second-order valence-corrected chi connectivity index (χ2v) is 12.5. The molecule has 0 unspecified atom stereocenters. The third-order valence-corrected chi connectivity index (χ3v) is 10.8. The monoisotopic (exact) mass is 426 g/mol. The van der Waals surface area contributed by atoms with E-state index in [1.54, 1.807) is 0 Å². The zero-order chi connectivity index (χ0) is 20.6. The first-order valence-electron chi connectivity index (χ1n) is 10.6. The fraction of sp³-hybridized carbons (Fsp3) is 0.143. The zero-order valence-corrected chi connectivity index (χ0v) is 19.2. The van der Waals surface area contributed by atoms with E-state index in [4.69, 9.17) is 0 Å². The predicted molar refractivity (Wildman–Crippen MR) is 137 cm³/mol. The van der Waals surface area contributed by atoms with Crippen LogP contribution in [0.5, 0.6) is 0 Å². The Morgan fingerprint density at radius 2 is 0.833 bits per heavy atom. The number of hydrogen-bond donors (Lipinski definition) is 0. The van der Waals surface area contributed by atoms with E-state index in [0.717, 1.165) is 0 Å². The van der Waals surface area contributed by atoms with Crippen molar-refractivity contribution in [2.24, 2.45) is 0 Å². The van der Waals surface area contributed by atoms with E-state index in [0.29, 0.717) is 5.66 Å². The van der Waals surface area contributed by atoms with Crippen molar-refractivity contribution in [3.8, 4) is 0 Å². The molecule has 0 aliphatic carbocycles. The summed E-state index contributed by atoms with van der Waals surface area (Å²) in [6, 6.07) is 44.4. The van der Waals surface area contributed by atoms with Gasteiger partial charge >= 0.3 is 0 Å². The second kappa shape index (κ2) is 10.7. The predicted octanol–water partition coefficient (Wildman–Crippen LogP) is 6.03. The van der Waals surface area contributed by atoms with Crippen LogP contribution in [0.4, 0.5) is 0 Å². The van der Waals surface area contributed by atoms with Gasteiger partial charge in [-0.15, -0.1) is 0 Å². The average Bonchev–Trinajstić information content (AvgIpc) is 2.82. The molecule has 0 aliphatic heterocycles. The molecule has 0 amide bonds. The molecule has 0 spiro atoms. The molecule has 1 atom stereocenters. The van der Waals surface area contributed by atoms with E-state index in [9.17, 15) is 0 Å². The Balaban J connectivity index is 1.59. The van der Waals surface area contributed by atoms with Crippen molar-refractivity contribution in [1.82, 2.24) is 0 Å². The van der Waals surface area contributed by atoms with E-state index in [1.807, 2.05) is 0 Å². The molecule has 0 N–H and O–H groups in total.